The van der Waals surface area contributed by atoms with Crippen LogP contribution in [0.25, 0.3) is 0 Å². The molecular formula is C25H26BrN3O3. The summed E-state index contributed by atoms with van der Waals surface area (Å²) in [6.45, 7) is 8.05. The number of hydrogen-bond donors (Lipinski definition) is 0. The lowest BCUT2D eigenvalue weighted by molar-refractivity contribution is -0.384. The maximum absolute atomic E-state index is 13.7. The maximum atomic E-state index is 13.7. The molecule has 2 aromatic carbocycles. The third-order valence-corrected chi connectivity index (χ3v) is 5.62. The van der Waals surface area contributed by atoms with E-state index in [1.54, 1.807) is 4.90 Å². The van der Waals surface area contributed by atoms with Gasteiger partial charge in [0.1, 0.15) is 0 Å². The van der Waals surface area contributed by atoms with Crippen LogP contribution in [0.1, 0.15) is 50.9 Å². The number of nitro groups is 1. The molecule has 1 amide bonds. The molecule has 0 fully saturated rings. The summed E-state index contributed by atoms with van der Waals surface area (Å²) in [4.78, 5) is 31.0. The maximum Gasteiger partial charge on any atom is 0.269 e. The van der Waals surface area contributed by atoms with E-state index in [9.17, 15) is 14.9 Å². The average Bonchev–Trinajstić information content (AvgIpc) is 2.75. The summed E-state index contributed by atoms with van der Waals surface area (Å²) in [5.74, 6) is -0.229. The SMILES string of the molecule is CCC/C(=C\C=C(/C)Br)C1=Nc2ccccc2N(C(=O)c2ccc([N+](=O)[O-])cc2)C1(C)C. The Morgan fingerprint density at radius 1 is 1.16 bits per heavy atom. The quantitative estimate of drug-likeness (QED) is 0.243. The van der Waals surface area contributed by atoms with Gasteiger partial charge in [-0.1, -0.05) is 53.6 Å². The standard InChI is InChI=1S/C25H26BrN3O3/c1-5-8-18(12-11-17(2)26)23-25(3,4)28(22-10-7-6-9-21(22)27-23)24(30)19-13-15-20(16-14-19)29(31)32/h6-7,9-16H,5,8H2,1-4H3/b17-11+,18-12+. The van der Waals surface area contributed by atoms with Crippen LogP contribution in [0.15, 0.2) is 75.7 Å². The first kappa shape index (κ1) is 23.6. The van der Waals surface area contributed by atoms with Crippen LogP contribution in [0.5, 0.6) is 0 Å². The predicted octanol–water partition coefficient (Wildman–Crippen LogP) is 7.13. The number of anilines is 1. The number of para-hydroxylation sites is 2. The van der Waals surface area contributed by atoms with E-state index < -0.39 is 10.5 Å². The van der Waals surface area contributed by atoms with E-state index in [-0.39, 0.29) is 11.6 Å². The van der Waals surface area contributed by atoms with Gasteiger partial charge in [0.2, 0.25) is 0 Å². The predicted molar refractivity (Wildman–Crippen MR) is 133 cm³/mol. The van der Waals surface area contributed by atoms with Crippen LogP contribution in [0, 0.1) is 10.1 Å². The highest BCUT2D eigenvalue weighted by atomic mass is 79.9. The van der Waals surface area contributed by atoms with E-state index in [0.29, 0.717) is 11.3 Å². The number of hydrogen-bond acceptors (Lipinski definition) is 4. The first-order valence-corrected chi connectivity index (χ1v) is 11.3. The topological polar surface area (TPSA) is 75.8 Å². The summed E-state index contributed by atoms with van der Waals surface area (Å²) < 4.78 is 1.000. The smallest absolute Gasteiger partial charge is 0.269 e. The zero-order valence-corrected chi connectivity index (χ0v) is 20.2. The van der Waals surface area contributed by atoms with Crippen molar-refractivity contribution in [3.05, 3.63) is 86.4 Å². The number of benzene rings is 2. The number of carbonyl (C=O) groups excluding carboxylic acids is 1. The molecule has 6 nitrogen and oxygen atoms in total. The van der Waals surface area contributed by atoms with Gasteiger partial charge in [-0.3, -0.25) is 19.8 Å². The third-order valence-electron chi connectivity index (χ3n) is 5.36. The number of nitrogens with zero attached hydrogens (tertiary/aromatic N) is 3. The van der Waals surface area contributed by atoms with Gasteiger partial charge in [0.25, 0.3) is 11.6 Å². The lowest BCUT2D eigenvalue weighted by Gasteiger charge is -2.43. The lowest BCUT2D eigenvalue weighted by Crippen LogP contribution is -2.55. The molecule has 3 rings (SSSR count). The first-order valence-electron chi connectivity index (χ1n) is 10.5. The van der Waals surface area contributed by atoms with Gasteiger partial charge in [-0.25, -0.2) is 4.99 Å². The molecule has 7 heteroatoms. The highest BCUT2D eigenvalue weighted by Crippen LogP contribution is 2.42. The Kier molecular flexibility index (Phi) is 7.09. The van der Waals surface area contributed by atoms with Crippen LogP contribution < -0.4 is 4.90 Å². The highest BCUT2D eigenvalue weighted by molar-refractivity contribution is 9.11. The van der Waals surface area contributed by atoms with Crippen molar-refractivity contribution in [3.63, 3.8) is 0 Å². The second kappa shape index (κ2) is 9.61. The van der Waals surface area contributed by atoms with Gasteiger partial charge in [-0.05, 0) is 61.5 Å². The van der Waals surface area contributed by atoms with Crippen LogP contribution in [-0.4, -0.2) is 22.1 Å². The van der Waals surface area contributed by atoms with Crippen molar-refractivity contribution in [3.8, 4) is 0 Å². The number of halogens is 1. The molecule has 0 N–H and O–H groups in total. The average molecular weight is 496 g/mol. The van der Waals surface area contributed by atoms with Crippen LogP contribution in [0.4, 0.5) is 17.1 Å². The lowest BCUT2D eigenvalue weighted by atomic mass is 9.85. The van der Waals surface area contributed by atoms with Crippen molar-refractivity contribution in [1.29, 1.82) is 0 Å². The summed E-state index contributed by atoms with van der Waals surface area (Å²) in [5, 5.41) is 11.0. The molecule has 1 aliphatic heterocycles. The summed E-state index contributed by atoms with van der Waals surface area (Å²) >= 11 is 3.48. The van der Waals surface area contributed by atoms with Crippen LogP contribution in [0.3, 0.4) is 0 Å². The Hall–Kier alpha value is -3.06. The second-order valence-electron chi connectivity index (χ2n) is 8.15. The van der Waals surface area contributed by atoms with Crippen LogP contribution in [0.2, 0.25) is 0 Å². The number of amides is 1. The van der Waals surface area contributed by atoms with Crippen LogP contribution >= 0.6 is 15.9 Å². The minimum atomic E-state index is -0.734. The molecule has 0 bridgehead atoms. The van der Waals surface area contributed by atoms with E-state index >= 15 is 0 Å². The Labute approximate surface area is 196 Å². The Morgan fingerprint density at radius 2 is 1.81 bits per heavy atom. The fraction of sp³-hybridized carbons (Fsp3) is 0.280. The van der Waals surface area contributed by atoms with Crippen molar-refractivity contribution in [2.45, 2.75) is 46.1 Å². The van der Waals surface area contributed by atoms with Crippen molar-refractivity contribution in [2.24, 2.45) is 4.99 Å². The molecular weight excluding hydrogens is 470 g/mol. The van der Waals surface area contributed by atoms with Gasteiger partial charge < -0.3 is 0 Å². The number of non-ortho nitro benzene ring substituents is 1. The molecule has 1 heterocycles. The minimum absolute atomic E-state index is 0.0489. The number of allylic oxidation sites excluding steroid dienone is 3. The first-order chi connectivity index (χ1) is 15.2. The summed E-state index contributed by atoms with van der Waals surface area (Å²) in [6.07, 6.45) is 5.80. The zero-order chi connectivity index (χ0) is 23.5. The molecule has 0 spiro atoms. The molecule has 166 valence electrons. The molecule has 0 aliphatic carbocycles. The van der Waals surface area contributed by atoms with Gasteiger partial charge in [0, 0.05) is 17.7 Å². The molecule has 2 aromatic rings. The second-order valence-corrected chi connectivity index (χ2v) is 9.40. The Morgan fingerprint density at radius 3 is 2.41 bits per heavy atom. The molecule has 0 saturated carbocycles. The van der Waals surface area contributed by atoms with E-state index in [1.807, 2.05) is 51.1 Å². The van der Waals surface area contributed by atoms with E-state index in [2.05, 4.69) is 28.9 Å². The molecule has 32 heavy (non-hydrogen) atoms. The Balaban J connectivity index is 2.15. The Bertz CT molecular complexity index is 1130. The summed E-state index contributed by atoms with van der Waals surface area (Å²) in [7, 11) is 0. The van der Waals surface area contributed by atoms with E-state index in [1.165, 1.54) is 24.3 Å². The van der Waals surface area contributed by atoms with Gasteiger partial charge in [-0.2, -0.15) is 0 Å². The van der Waals surface area contributed by atoms with Gasteiger partial charge in [0.15, 0.2) is 0 Å². The number of carbonyl (C=O) groups is 1. The fourth-order valence-electron chi connectivity index (χ4n) is 3.86. The van der Waals surface area contributed by atoms with Crippen LogP contribution in [-0.2, 0) is 0 Å². The molecule has 0 saturated heterocycles. The third kappa shape index (κ3) is 4.72. The number of nitro benzene ring substituents is 1. The van der Waals surface area contributed by atoms with Crippen molar-refractivity contribution >= 4 is 44.6 Å². The number of aliphatic imine (C=N–C) groups is 1. The minimum Gasteiger partial charge on any atom is -0.295 e. The van der Waals surface area contributed by atoms with E-state index in [4.69, 9.17) is 4.99 Å². The molecule has 0 atom stereocenters. The highest BCUT2D eigenvalue weighted by Gasteiger charge is 2.42. The molecule has 0 aromatic heterocycles. The summed E-state index contributed by atoms with van der Waals surface area (Å²) in [5.41, 5.74) is 2.93. The zero-order valence-electron chi connectivity index (χ0n) is 18.6. The van der Waals surface area contributed by atoms with E-state index in [0.717, 1.165) is 34.3 Å². The van der Waals surface area contributed by atoms with Crippen molar-refractivity contribution in [2.75, 3.05) is 4.90 Å². The number of rotatable bonds is 6. The van der Waals surface area contributed by atoms with Gasteiger partial charge in [0.05, 0.1) is 27.5 Å². The largest absolute Gasteiger partial charge is 0.295 e. The van der Waals surface area contributed by atoms with Crippen molar-refractivity contribution < 1.29 is 9.72 Å². The van der Waals surface area contributed by atoms with Gasteiger partial charge >= 0.3 is 0 Å². The number of fused-ring (bicyclic) bond motifs is 1. The molecule has 0 unspecified atom stereocenters. The molecule has 0 radical (unpaired) electrons. The monoisotopic (exact) mass is 495 g/mol. The van der Waals surface area contributed by atoms with Crippen molar-refractivity contribution in [1.82, 2.24) is 0 Å². The normalized spacial score (nSPS) is 15.8. The fourth-order valence-corrected chi connectivity index (χ4v) is 3.99. The summed E-state index contributed by atoms with van der Waals surface area (Å²) in [6, 6.07) is 13.3. The van der Waals surface area contributed by atoms with Gasteiger partial charge in [-0.15, -0.1) is 0 Å². The molecule has 1 aliphatic rings.